The first kappa shape index (κ1) is 17.4. The minimum absolute atomic E-state index is 0.139. The van der Waals surface area contributed by atoms with E-state index in [0.717, 1.165) is 16.8 Å². The van der Waals surface area contributed by atoms with Gasteiger partial charge in [-0.25, -0.2) is 13.5 Å². The van der Waals surface area contributed by atoms with Crippen molar-refractivity contribution < 1.29 is 13.9 Å². The minimum atomic E-state index is -2.97. The Morgan fingerprint density at radius 2 is 1.63 bits per heavy atom. The monoisotopic (exact) mass is 364 g/mol. The summed E-state index contributed by atoms with van der Waals surface area (Å²) in [6, 6.07) is 20.7. The van der Waals surface area contributed by atoms with E-state index in [1.807, 2.05) is 31.2 Å². The van der Waals surface area contributed by atoms with Gasteiger partial charge in [0, 0.05) is 5.39 Å². The van der Waals surface area contributed by atoms with Gasteiger partial charge in [-0.3, -0.25) is 0 Å². The lowest BCUT2D eigenvalue weighted by molar-refractivity contribution is -0.0717. The predicted molar refractivity (Wildman–Crippen MR) is 101 cm³/mol. The number of nitrogens with zero attached hydrogens (tertiary/aromatic N) is 2. The molecule has 5 heteroatoms. The van der Waals surface area contributed by atoms with Crippen LogP contribution in [-0.4, -0.2) is 21.3 Å². The SMILES string of the molecule is Cc1ccccc1-n1ncc2cc(C(O)(c3ccccc3)C(F)F)ccc21. The maximum absolute atomic E-state index is 13.9. The van der Waals surface area contributed by atoms with Gasteiger partial charge in [-0.2, -0.15) is 5.10 Å². The predicted octanol–water partition coefficient (Wildman–Crippen LogP) is 4.83. The second-order valence-corrected chi connectivity index (χ2v) is 6.55. The van der Waals surface area contributed by atoms with E-state index in [1.165, 1.54) is 18.2 Å². The van der Waals surface area contributed by atoms with Gasteiger partial charge in [-0.15, -0.1) is 0 Å². The zero-order valence-corrected chi connectivity index (χ0v) is 14.7. The third-order valence-corrected chi connectivity index (χ3v) is 4.88. The summed E-state index contributed by atoms with van der Waals surface area (Å²) in [5.74, 6) is 0. The van der Waals surface area contributed by atoms with Crippen LogP contribution in [0.5, 0.6) is 0 Å². The second kappa shape index (κ2) is 6.59. The Morgan fingerprint density at radius 3 is 2.33 bits per heavy atom. The van der Waals surface area contributed by atoms with E-state index in [2.05, 4.69) is 5.10 Å². The molecule has 27 heavy (non-hydrogen) atoms. The smallest absolute Gasteiger partial charge is 0.275 e. The molecule has 3 aromatic carbocycles. The number of alkyl halides is 2. The van der Waals surface area contributed by atoms with Gasteiger partial charge in [-0.05, 0) is 41.8 Å². The fourth-order valence-electron chi connectivity index (χ4n) is 3.37. The normalized spacial score (nSPS) is 13.8. The summed E-state index contributed by atoms with van der Waals surface area (Å²) in [6.45, 7) is 1.99. The lowest BCUT2D eigenvalue weighted by atomic mass is 9.86. The first-order valence-corrected chi connectivity index (χ1v) is 8.62. The van der Waals surface area contributed by atoms with Crippen molar-refractivity contribution in [1.29, 1.82) is 0 Å². The van der Waals surface area contributed by atoms with Crippen LogP contribution in [-0.2, 0) is 5.60 Å². The van der Waals surface area contributed by atoms with Crippen molar-refractivity contribution in [3.05, 3.63) is 95.7 Å². The Morgan fingerprint density at radius 1 is 0.926 bits per heavy atom. The molecule has 0 radical (unpaired) electrons. The van der Waals surface area contributed by atoms with E-state index in [0.29, 0.717) is 5.39 Å². The highest BCUT2D eigenvalue weighted by molar-refractivity contribution is 5.81. The Bertz CT molecular complexity index is 1090. The van der Waals surface area contributed by atoms with Gasteiger partial charge >= 0.3 is 0 Å². The van der Waals surface area contributed by atoms with E-state index in [4.69, 9.17) is 0 Å². The zero-order valence-electron chi connectivity index (χ0n) is 14.7. The topological polar surface area (TPSA) is 38.0 Å². The first-order chi connectivity index (χ1) is 13.0. The number of aromatic nitrogens is 2. The van der Waals surface area contributed by atoms with Crippen molar-refractivity contribution in [1.82, 2.24) is 9.78 Å². The number of aliphatic hydroxyl groups is 1. The zero-order chi connectivity index (χ0) is 19.0. The van der Waals surface area contributed by atoms with Crippen LogP contribution in [0, 0.1) is 6.92 Å². The molecule has 4 aromatic rings. The maximum atomic E-state index is 13.9. The molecule has 0 aliphatic rings. The van der Waals surface area contributed by atoms with Crippen LogP contribution in [0.25, 0.3) is 16.6 Å². The number of benzene rings is 3. The summed E-state index contributed by atoms with van der Waals surface area (Å²) in [4.78, 5) is 0. The molecule has 3 nitrogen and oxygen atoms in total. The summed E-state index contributed by atoms with van der Waals surface area (Å²) >= 11 is 0. The number of hydrogen-bond acceptors (Lipinski definition) is 2. The van der Waals surface area contributed by atoms with Crippen LogP contribution in [0.4, 0.5) is 8.78 Å². The van der Waals surface area contributed by atoms with Gasteiger partial charge in [0.15, 0.2) is 5.60 Å². The largest absolute Gasteiger partial charge is 0.375 e. The lowest BCUT2D eigenvalue weighted by Gasteiger charge is -2.28. The van der Waals surface area contributed by atoms with E-state index >= 15 is 0 Å². The summed E-state index contributed by atoms with van der Waals surface area (Å²) in [6.07, 6.45) is -1.34. The minimum Gasteiger partial charge on any atom is -0.375 e. The van der Waals surface area contributed by atoms with E-state index in [-0.39, 0.29) is 11.1 Å². The van der Waals surface area contributed by atoms with Gasteiger partial charge in [0.25, 0.3) is 6.43 Å². The van der Waals surface area contributed by atoms with Gasteiger partial charge < -0.3 is 5.11 Å². The summed E-state index contributed by atoms with van der Waals surface area (Å²) in [5, 5.41) is 16.0. The molecule has 0 saturated heterocycles. The highest BCUT2D eigenvalue weighted by Gasteiger charge is 2.41. The first-order valence-electron chi connectivity index (χ1n) is 8.62. The molecule has 1 atom stereocenters. The van der Waals surface area contributed by atoms with Crippen molar-refractivity contribution in [3.8, 4) is 5.69 Å². The van der Waals surface area contributed by atoms with Crippen LogP contribution in [0.15, 0.2) is 79.0 Å². The van der Waals surface area contributed by atoms with Gasteiger partial charge in [0.1, 0.15) is 0 Å². The third-order valence-electron chi connectivity index (χ3n) is 4.88. The van der Waals surface area contributed by atoms with Crippen LogP contribution in [0.1, 0.15) is 16.7 Å². The van der Waals surface area contributed by atoms with E-state index < -0.39 is 12.0 Å². The highest BCUT2D eigenvalue weighted by atomic mass is 19.3. The Hall–Kier alpha value is -3.05. The molecule has 4 rings (SSSR count). The standard InChI is InChI=1S/C22H18F2N2O/c1-15-7-5-6-10-19(15)26-20-12-11-18(13-16(20)14-25-26)22(27,21(23)24)17-8-3-2-4-9-17/h2-14,21,27H,1H3. The average Bonchev–Trinajstić information content (AvgIpc) is 3.11. The number of para-hydroxylation sites is 1. The van der Waals surface area contributed by atoms with Gasteiger partial charge in [0.05, 0.1) is 17.4 Å². The molecule has 0 fully saturated rings. The van der Waals surface area contributed by atoms with Crippen LogP contribution < -0.4 is 0 Å². The Balaban J connectivity index is 1.86. The molecule has 1 aromatic heterocycles. The van der Waals surface area contributed by atoms with Crippen molar-refractivity contribution in [2.45, 2.75) is 19.0 Å². The number of rotatable bonds is 4. The van der Waals surface area contributed by atoms with Crippen LogP contribution >= 0.6 is 0 Å². The van der Waals surface area contributed by atoms with Crippen LogP contribution in [0.3, 0.4) is 0 Å². The summed E-state index contributed by atoms with van der Waals surface area (Å²) in [5.41, 5.74) is 0.691. The molecular weight excluding hydrogens is 346 g/mol. The Labute approximate surface area is 155 Å². The number of halogens is 2. The number of aryl methyl sites for hydroxylation is 1. The summed E-state index contributed by atoms with van der Waals surface area (Å²) < 4.78 is 29.6. The quantitative estimate of drug-likeness (QED) is 0.563. The van der Waals surface area contributed by atoms with E-state index in [1.54, 1.807) is 41.2 Å². The molecule has 0 aliphatic heterocycles. The molecule has 0 bridgehead atoms. The van der Waals surface area contributed by atoms with Crippen molar-refractivity contribution in [2.75, 3.05) is 0 Å². The fraction of sp³-hybridized carbons (Fsp3) is 0.136. The molecule has 136 valence electrons. The molecule has 0 amide bonds. The molecule has 1 unspecified atom stereocenters. The summed E-state index contributed by atoms with van der Waals surface area (Å²) in [7, 11) is 0. The van der Waals surface area contributed by atoms with Gasteiger partial charge in [-0.1, -0.05) is 54.6 Å². The molecule has 0 spiro atoms. The van der Waals surface area contributed by atoms with Crippen molar-refractivity contribution in [2.24, 2.45) is 0 Å². The van der Waals surface area contributed by atoms with Gasteiger partial charge in [0.2, 0.25) is 0 Å². The maximum Gasteiger partial charge on any atom is 0.275 e. The van der Waals surface area contributed by atoms with E-state index in [9.17, 15) is 13.9 Å². The molecule has 0 saturated carbocycles. The average molecular weight is 364 g/mol. The van der Waals surface area contributed by atoms with Crippen molar-refractivity contribution >= 4 is 10.9 Å². The molecule has 0 aliphatic carbocycles. The van der Waals surface area contributed by atoms with Crippen LogP contribution in [0.2, 0.25) is 0 Å². The lowest BCUT2D eigenvalue weighted by Crippen LogP contribution is -2.35. The molecular formula is C22H18F2N2O. The number of hydrogen-bond donors (Lipinski definition) is 1. The fourth-order valence-corrected chi connectivity index (χ4v) is 3.37. The third kappa shape index (κ3) is 2.80. The molecule has 1 N–H and O–H groups in total. The highest BCUT2D eigenvalue weighted by Crippen LogP contribution is 2.37. The van der Waals surface area contributed by atoms with Crippen molar-refractivity contribution in [3.63, 3.8) is 0 Å². The Kier molecular flexibility index (Phi) is 4.24. The number of fused-ring (bicyclic) bond motifs is 1. The molecule has 1 heterocycles. The second-order valence-electron chi connectivity index (χ2n) is 6.55.